The zero-order valence-electron chi connectivity index (χ0n) is 14.1. The topological polar surface area (TPSA) is 83.6 Å². The van der Waals surface area contributed by atoms with Crippen LogP contribution in [-0.2, 0) is 19.4 Å². The van der Waals surface area contributed by atoms with E-state index in [2.05, 4.69) is 5.32 Å². The van der Waals surface area contributed by atoms with Crippen LogP contribution >= 0.6 is 35.6 Å². The third-order valence-corrected chi connectivity index (χ3v) is 6.99. The van der Waals surface area contributed by atoms with Crippen LogP contribution in [0.15, 0.2) is 40.7 Å². The Morgan fingerprint density at radius 2 is 2.07 bits per heavy atom. The molecule has 0 saturated carbocycles. The van der Waals surface area contributed by atoms with Gasteiger partial charge >= 0.3 is 0 Å². The van der Waals surface area contributed by atoms with Crippen LogP contribution in [0.3, 0.4) is 0 Å². The lowest BCUT2D eigenvalue weighted by molar-refractivity contribution is -0.132. The van der Waals surface area contributed by atoms with Crippen molar-refractivity contribution in [3.63, 3.8) is 0 Å². The third-order valence-electron chi connectivity index (χ3n) is 4.02. The van der Waals surface area contributed by atoms with E-state index in [-0.39, 0.29) is 16.0 Å². The van der Waals surface area contributed by atoms with Gasteiger partial charge < -0.3 is 5.32 Å². The summed E-state index contributed by atoms with van der Waals surface area (Å²) in [4.78, 5) is 26.8. The number of benzene rings is 1. The predicted octanol–water partition coefficient (Wildman–Crippen LogP) is 2.36. The van der Waals surface area contributed by atoms with E-state index >= 15 is 0 Å². The van der Waals surface area contributed by atoms with E-state index in [9.17, 15) is 18.0 Å². The van der Waals surface area contributed by atoms with Gasteiger partial charge in [-0.1, -0.05) is 47.7 Å². The average molecular weight is 443 g/mol. The molecule has 0 aromatic heterocycles. The molecule has 2 atom stereocenters. The number of thiocarbonyl (C=S) groups is 1. The largest absolute Gasteiger partial charge is 0.347 e. The second kappa shape index (κ2) is 7.75. The van der Waals surface area contributed by atoms with E-state index in [4.69, 9.17) is 23.8 Å². The van der Waals surface area contributed by atoms with Crippen molar-refractivity contribution < 1.29 is 18.0 Å². The van der Waals surface area contributed by atoms with Gasteiger partial charge in [-0.2, -0.15) is 0 Å². The number of amides is 2. The van der Waals surface area contributed by atoms with Crippen molar-refractivity contribution in [2.75, 3.05) is 5.75 Å². The molecule has 0 radical (unpaired) electrons. The summed E-state index contributed by atoms with van der Waals surface area (Å²) in [5.74, 6) is -1.01. The molecule has 1 aromatic carbocycles. The molecule has 142 valence electrons. The zero-order valence-corrected chi connectivity index (χ0v) is 17.3. The number of nitrogens with zero attached hydrogens (tertiary/aromatic N) is 1. The van der Waals surface area contributed by atoms with Gasteiger partial charge in [-0.05, 0) is 36.8 Å². The van der Waals surface area contributed by atoms with E-state index in [0.29, 0.717) is 9.93 Å². The number of halogens is 1. The van der Waals surface area contributed by atoms with Crippen LogP contribution in [-0.4, -0.2) is 47.3 Å². The molecule has 6 nitrogen and oxygen atoms in total. The summed E-state index contributed by atoms with van der Waals surface area (Å²) in [6.45, 7) is 1.55. The number of thioether (sulfide) groups is 1. The fourth-order valence-corrected chi connectivity index (χ4v) is 5.39. The maximum absolute atomic E-state index is 12.7. The van der Waals surface area contributed by atoms with Gasteiger partial charge in [0, 0.05) is 10.4 Å². The molecule has 10 heteroatoms. The van der Waals surface area contributed by atoms with Crippen molar-refractivity contribution in [1.29, 1.82) is 0 Å². The van der Waals surface area contributed by atoms with Gasteiger partial charge in [0.25, 0.3) is 5.91 Å². The van der Waals surface area contributed by atoms with Crippen LogP contribution < -0.4 is 5.32 Å². The van der Waals surface area contributed by atoms with Gasteiger partial charge in [0.2, 0.25) is 5.91 Å². The van der Waals surface area contributed by atoms with Gasteiger partial charge in [0.15, 0.2) is 9.84 Å². The molecule has 2 amide bonds. The molecule has 2 aliphatic heterocycles. The number of carbonyl (C=O) groups excluding carboxylic acids is 2. The molecule has 1 aromatic rings. The minimum atomic E-state index is -3.28. The summed E-state index contributed by atoms with van der Waals surface area (Å²) in [5, 5.41) is 4.29. The average Bonchev–Trinajstić information content (AvgIpc) is 3.07. The van der Waals surface area contributed by atoms with Gasteiger partial charge in [-0.25, -0.2) is 8.42 Å². The lowest BCUT2D eigenvalue weighted by atomic mass is 10.2. The number of rotatable bonds is 4. The maximum Gasteiger partial charge on any atom is 0.266 e. The van der Waals surface area contributed by atoms with Crippen molar-refractivity contribution in [1.82, 2.24) is 10.2 Å². The van der Waals surface area contributed by atoms with E-state index in [0.717, 1.165) is 22.7 Å². The predicted molar refractivity (Wildman–Crippen MR) is 111 cm³/mol. The van der Waals surface area contributed by atoms with Crippen LogP contribution in [0.4, 0.5) is 0 Å². The lowest BCUT2D eigenvalue weighted by Crippen LogP contribution is -2.49. The second-order valence-corrected chi connectivity index (χ2v) is 10.1. The number of hydrogen-bond acceptors (Lipinski definition) is 6. The van der Waals surface area contributed by atoms with Crippen LogP contribution in [0.5, 0.6) is 0 Å². The Hall–Kier alpha value is -1.68. The quantitative estimate of drug-likeness (QED) is 0.569. The summed E-state index contributed by atoms with van der Waals surface area (Å²) in [6, 6.07) is 5.52. The Morgan fingerprint density at radius 3 is 2.67 bits per heavy atom. The van der Waals surface area contributed by atoms with Crippen LogP contribution in [0.2, 0.25) is 5.02 Å². The van der Waals surface area contributed by atoms with E-state index in [1.54, 1.807) is 37.3 Å². The first kappa shape index (κ1) is 20.1. The van der Waals surface area contributed by atoms with Gasteiger partial charge in [0.1, 0.15) is 10.4 Å². The van der Waals surface area contributed by atoms with E-state index in [1.807, 2.05) is 0 Å². The first-order chi connectivity index (χ1) is 12.7. The molecule has 0 aliphatic carbocycles. The molecule has 0 unspecified atom stereocenters. The second-order valence-electron chi connectivity index (χ2n) is 6.05. The summed E-state index contributed by atoms with van der Waals surface area (Å²) in [7, 11) is -3.28. The van der Waals surface area contributed by atoms with Gasteiger partial charge in [0.05, 0.1) is 16.7 Å². The highest BCUT2D eigenvalue weighted by Crippen LogP contribution is 2.34. The van der Waals surface area contributed by atoms with Crippen molar-refractivity contribution in [2.24, 2.45) is 0 Å². The molecular weight excluding hydrogens is 428 g/mol. The van der Waals surface area contributed by atoms with Gasteiger partial charge in [-0.15, -0.1) is 0 Å². The molecule has 0 spiro atoms. The molecule has 1 N–H and O–H groups in total. The molecule has 3 rings (SSSR count). The van der Waals surface area contributed by atoms with Crippen LogP contribution in [0.1, 0.15) is 12.5 Å². The highest BCUT2D eigenvalue weighted by atomic mass is 35.5. The first-order valence-corrected chi connectivity index (χ1v) is 11.2. The standard InChI is InChI=1S/C17H15ClN2O4S3/c1-10(15(21)19-13-6-7-27(23,24)9-13)20-16(22)14(26-17(20)25)8-11-2-4-12(18)5-3-11/h2-8,10,13H,9H2,1H3,(H,19,21)/b14-8-/t10-,13-/m1/s1. The Balaban J connectivity index is 1.71. The number of hydrogen-bond donors (Lipinski definition) is 1. The molecule has 1 saturated heterocycles. The van der Waals surface area contributed by atoms with Crippen LogP contribution in [0, 0.1) is 0 Å². The Bertz CT molecular complexity index is 970. The molecule has 2 heterocycles. The summed E-state index contributed by atoms with van der Waals surface area (Å²) >= 11 is 12.2. The van der Waals surface area contributed by atoms with E-state index < -0.39 is 27.8 Å². The first-order valence-electron chi connectivity index (χ1n) is 7.90. The monoisotopic (exact) mass is 442 g/mol. The fraction of sp³-hybridized carbons (Fsp3) is 0.235. The highest BCUT2D eigenvalue weighted by molar-refractivity contribution is 8.26. The van der Waals surface area contributed by atoms with E-state index in [1.165, 1.54) is 11.0 Å². The molecule has 0 bridgehead atoms. The summed E-state index contributed by atoms with van der Waals surface area (Å²) in [5.41, 5.74) is 0.790. The van der Waals surface area contributed by atoms with Crippen molar-refractivity contribution in [2.45, 2.75) is 19.0 Å². The van der Waals surface area contributed by atoms with Crippen molar-refractivity contribution >= 4 is 67.6 Å². The number of nitrogens with one attached hydrogen (secondary N) is 1. The number of carbonyl (C=O) groups is 2. The van der Waals surface area contributed by atoms with Gasteiger partial charge in [-0.3, -0.25) is 14.5 Å². The minimum absolute atomic E-state index is 0.180. The molecule has 2 aliphatic rings. The minimum Gasteiger partial charge on any atom is -0.347 e. The third kappa shape index (κ3) is 4.60. The fourth-order valence-electron chi connectivity index (χ4n) is 2.61. The zero-order chi connectivity index (χ0) is 19.8. The molecule has 1 fully saturated rings. The maximum atomic E-state index is 12.7. The Morgan fingerprint density at radius 1 is 1.41 bits per heavy atom. The molecule has 27 heavy (non-hydrogen) atoms. The Labute approximate surface area is 171 Å². The van der Waals surface area contributed by atoms with Crippen molar-refractivity contribution in [3.8, 4) is 0 Å². The smallest absolute Gasteiger partial charge is 0.266 e. The Kier molecular flexibility index (Phi) is 5.76. The summed E-state index contributed by atoms with van der Waals surface area (Å²) < 4.78 is 23.2. The highest BCUT2D eigenvalue weighted by Gasteiger charge is 2.39. The van der Waals surface area contributed by atoms with Crippen LogP contribution in [0.25, 0.3) is 6.08 Å². The normalized spacial score (nSPS) is 23.9. The summed E-state index contributed by atoms with van der Waals surface area (Å²) in [6.07, 6.45) is 3.11. The lowest BCUT2D eigenvalue weighted by Gasteiger charge is -2.23. The molecular formula is C17H15ClN2O4S3. The van der Waals surface area contributed by atoms with Crippen molar-refractivity contribution in [3.05, 3.63) is 51.2 Å². The number of sulfone groups is 1. The SMILES string of the molecule is C[C@H](C(=O)N[C@@H]1C=CS(=O)(=O)C1)N1C(=O)/C(=C/c2ccc(Cl)cc2)SC1=S.